The molecule has 100 valence electrons. The predicted molar refractivity (Wildman–Crippen MR) is 74.1 cm³/mol. The fraction of sp³-hybridized carbons (Fsp3) is 0.429. The number of hydrogen-bond donors (Lipinski definition) is 2. The highest BCUT2D eigenvalue weighted by Gasteiger charge is 2.45. The summed E-state index contributed by atoms with van der Waals surface area (Å²) in [4.78, 5) is 18.4. The van der Waals surface area contributed by atoms with Gasteiger partial charge in [-0.1, -0.05) is 6.58 Å². The molecule has 3 N–H and O–H groups in total. The van der Waals surface area contributed by atoms with E-state index in [-0.39, 0.29) is 5.91 Å². The van der Waals surface area contributed by atoms with Crippen molar-refractivity contribution in [1.29, 1.82) is 0 Å². The van der Waals surface area contributed by atoms with Crippen LogP contribution >= 0.6 is 0 Å². The predicted octanol–water partition coefficient (Wildman–Crippen LogP) is 0.849. The zero-order valence-electron chi connectivity index (χ0n) is 11.0. The molecule has 3 rings (SSSR count). The van der Waals surface area contributed by atoms with Crippen LogP contribution in [0, 0.1) is 18.8 Å². The lowest BCUT2D eigenvalue weighted by Crippen LogP contribution is -2.30. The van der Waals surface area contributed by atoms with Crippen LogP contribution in [0.2, 0.25) is 0 Å². The van der Waals surface area contributed by atoms with Crippen LogP contribution < -0.4 is 16.2 Å². The number of carbonyl (C=O) groups excluding carboxylic acids is 1. The van der Waals surface area contributed by atoms with Crippen molar-refractivity contribution in [3.8, 4) is 0 Å². The number of hydrogen-bond acceptors (Lipinski definition) is 4. The number of amides is 1. The largest absolute Gasteiger partial charge is 0.356 e. The van der Waals surface area contributed by atoms with Crippen LogP contribution in [0.5, 0.6) is 0 Å². The van der Waals surface area contributed by atoms with Crippen molar-refractivity contribution >= 4 is 17.3 Å². The molecule has 5 heteroatoms. The van der Waals surface area contributed by atoms with Gasteiger partial charge in [0.05, 0.1) is 0 Å². The van der Waals surface area contributed by atoms with Crippen molar-refractivity contribution < 1.29 is 4.79 Å². The molecular weight excluding hydrogens is 240 g/mol. The number of hydrazine groups is 1. The third-order valence-corrected chi connectivity index (χ3v) is 4.10. The van der Waals surface area contributed by atoms with Crippen molar-refractivity contribution in [3.63, 3.8) is 0 Å². The zero-order valence-corrected chi connectivity index (χ0v) is 11.0. The van der Waals surface area contributed by atoms with Gasteiger partial charge in [-0.15, -0.1) is 0 Å². The Morgan fingerprint density at radius 1 is 1.47 bits per heavy atom. The first-order chi connectivity index (χ1) is 9.10. The number of rotatable bonds is 3. The summed E-state index contributed by atoms with van der Waals surface area (Å²) < 4.78 is 0. The number of piperidine rings is 1. The summed E-state index contributed by atoms with van der Waals surface area (Å²) in [6, 6.07) is 3.86. The van der Waals surface area contributed by atoms with E-state index in [1.165, 1.54) is 6.42 Å². The van der Waals surface area contributed by atoms with E-state index >= 15 is 0 Å². The summed E-state index contributed by atoms with van der Waals surface area (Å²) in [6.45, 7) is 7.87. The fourth-order valence-corrected chi connectivity index (χ4v) is 2.84. The Morgan fingerprint density at radius 3 is 2.74 bits per heavy atom. The average molecular weight is 258 g/mol. The van der Waals surface area contributed by atoms with Crippen molar-refractivity contribution in [3.05, 3.63) is 30.0 Å². The van der Waals surface area contributed by atoms with Crippen LogP contribution in [-0.2, 0) is 4.79 Å². The van der Waals surface area contributed by atoms with Crippen LogP contribution in [-0.4, -0.2) is 24.0 Å². The number of nitrogens with one attached hydrogen (secondary N) is 1. The van der Waals surface area contributed by atoms with Gasteiger partial charge in [0, 0.05) is 29.9 Å². The molecule has 1 aliphatic heterocycles. The Kier molecular flexibility index (Phi) is 2.78. The van der Waals surface area contributed by atoms with E-state index in [1.54, 1.807) is 0 Å². The van der Waals surface area contributed by atoms with Gasteiger partial charge in [-0.05, 0) is 37.3 Å². The highest BCUT2D eigenvalue weighted by molar-refractivity contribution is 6.18. The Hall–Kier alpha value is -1.88. The maximum atomic E-state index is 11.5. The van der Waals surface area contributed by atoms with Gasteiger partial charge >= 0.3 is 0 Å². The molecule has 1 aromatic heterocycles. The van der Waals surface area contributed by atoms with Gasteiger partial charge in [0.2, 0.25) is 0 Å². The Balaban J connectivity index is 1.81. The topological polar surface area (TPSA) is 71.2 Å². The molecule has 1 amide bonds. The molecule has 19 heavy (non-hydrogen) atoms. The molecule has 1 aromatic rings. The SMILES string of the molecule is C=C(C(=O)NN)c1ccc(N2CC3CC3C2)nc1C. The van der Waals surface area contributed by atoms with Crippen LogP contribution in [0.25, 0.3) is 5.57 Å². The van der Waals surface area contributed by atoms with Crippen LogP contribution in [0.15, 0.2) is 18.7 Å². The Bertz CT molecular complexity index is 544. The number of pyridine rings is 1. The number of anilines is 1. The number of carbonyl (C=O) groups is 1. The smallest absolute Gasteiger partial charge is 0.265 e. The average Bonchev–Trinajstić information content (AvgIpc) is 3.03. The number of aromatic nitrogens is 1. The van der Waals surface area contributed by atoms with Crippen LogP contribution in [0.3, 0.4) is 0 Å². The monoisotopic (exact) mass is 258 g/mol. The van der Waals surface area contributed by atoms with E-state index in [9.17, 15) is 4.79 Å². The van der Waals surface area contributed by atoms with E-state index in [0.29, 0.717) is 5.57 Å². The van der Waals surface area contributed by atoms with E-state index in [4.69, 9.17) is 5.84 Å². The summed E-state index contributed by atoms with van der Waals surface area (Å²) in [7, 11) is 0. The lowest BCUT2D eigenvalue weighted by molar-refractivity contribution is -0.115. The molecule has 2 unspecified atom stereocenters. The van der Waals surface area contributed by atoms with Crippen LogP contribution in [0.4, 0.5) is 5.82 Å². The number of nitrogens with two attached hydrogens (primary N) is 1. The zero-order chi connectivity index (χ0) is 13.6. The van der Waals surface area contributed by atoms with Gasteiger partial charge in [-0.2, -0.15) is 0 Å². The van der Waals surface area contributed by atoms with Crippen molar-refractivity contribution in [1.82, 2.24) is 10.4 Å². The standard InChI is InChI=1S/C14H18N4O/c1-8(14(19)17-15)12-3-4-13(16-9(12)2)18-6-10-5-11(10)7-18/h3-4,10-11H,1,5-7,15H2,2H3,(H,17,19). The number of fused-ring (bicyclic) bond motifs is 1. The molecular formula is C14H18N4O. The van der Waals surface area contributed by atoms with Crippen molar-refractivity contribution in [2.45, 2.75) is 13.3 Å². The summed E-state index contributed by atoms with van der Waals surface area (Å²) in [5.41, 5.74) is 4.00. The normalized spacial score (nSPS) is 24.0. The minimum absolute atomic E-state index is 0.350. The van der Waals surface area contributed by atoms with E-state index < -0.39 is 0 Å². The summed E-state index contributed by atoms with van der Waals surface area (Å²) in [5.74, 6) is 7.49. The Labute approximate surface area is 112 Å². The first-order valence-electron chi connectivity index (χ1n) is 6.53. The van der Waals surface area contributed by atoms with Gasteiger partial charge in [-0.3, -0.25) is 10.2 Å². The highest BCUT2D eigenvalue weighted by atomic mass is 16.2. The molecule has 0 aromatic carbocycles. The van der Waals surface area contributed by atoms with Crippen molar-refractivity contribution in [2.75, 3.05) is 18.0 Å². The molecule has 0 radical (unpaired) electrons. The lowest BCUT2D eigenvalue weighted by atomic mass is 10.1. The van der Waals surface area contributed by atoms with Gasteiger partial charge in [0.25, 0.3) is 5.91 Å². The summed E-state index contributed by atoms with van der Waals surface area (Å²) in [6.07, 6.45) is 1.38. The third-order valence-electron chi connectivity index (χ3n) is 4.10. The van der Waals surface area contributed by atoms with Gasteiger partial charge in [0.1, 0.15) is 5.82 Å². The maximum absolute atomic E-state index is 11.5. The fourth-order valence-electron chi connectivity index (χ4n) is 2.84. The minimum atomic E-state index is -0.375. The molecule has 2 atom stereocenters. The lowest BCUT2D eigenvalue weighted by Gasteiger charge is -2.20. The van der Waals surface area contributed by atoms with Gasteiger partial charge in [0.15, 0.2) is 0 Å². The second-order valence-electron chi connectivity index (χ2n) is 5.42. The quantitative estimate of drug-likeness (QED) is 0.365. The van der Waals surface area contributed by atoms with E-state index in [1.807, 2.05) is 19.1 Å². The molecule has 2 fully saturated rings. The second-order valence-corrected chi connectivity index (χ2v) is 5.42. The summed E-state index contributed by atoms with van der Waals surface area (Å²) in [5, 5.41) is 0. The maximum Gasteiger partial charge on any atom is 0.265 e. The third kappa shape index (κ3) is 2.10. The molecule has 1 aliphatic carbocycles. The van der Waals surface area contributed by atoms with Gasteiger partial charge in [-0.25, -0.2) is 10.8 Å². The molecule has 1 saturated heterocycles. The molecule has 1 saturated carbocycles. The minimum Gasteiger partial charge on any atom is -0.356 e. The molecule has 5 nitrogen and oxygen atoms in total. The molecule has 0 bridgehead atoms. The summed E-state index contributed by atoms with van der Waals surface area (Å²) >= 11 is 0. The molecule has 2 heterocycles. The Morgan fingerprint density at radius 2 is 2.16 bits per heavy atom. The molecule has 2 aliphatic rings. The van der Waals surface area contributed by atoms with E-state index in [0.717, 1.165) is 42.0 Å². The van der Waals surface area contributed by atoms with Crippen molar-refractivity contribution in [2.24, 2.45) is 17.7 Å². The van der Waals surface area contributed by atoms with Crippen LogP contribution in [0.1, 0.15) is 17.7 Å². The van der Waals surface area contributed by atoms with E-state index in [2.05, 4.69) is 21.9 Å². The first kappa shape index (κ1) is 12.2. The first-order valence-corrected chi connectivity index (χ1v) is 6.53. The second kappa shape index (κ2) is 4.35. The molecule has 0 spiro atoms. The highest BCUT2D eigenvalue weighted by Crippen LogP contribution is 2.46. The van der Waals surface area contributed by atoms with Gasteiger partial charge < -0.3 is 4.90 Å². The number of aryl methyl sites for hydroxylation is 1. The number of nitrogens with zero attached hydrogens (tertiary/aromatic N) is 2.